The highest BCUT2D eigenvalue weighted by Crippen LogP contribution is 2.29. The predicted octanol–water partition coefficient (Wildman–Crippen LogP) is 2.87. The second-order valence-electron chi connectivity index (χ2n) is 5.29. The first-order chi connectivity index (χ1) is 11.0. The molecule has 128 valence electrons. The number of anilines is 1. The molecule has 0 aliphatic heterocycles. The number of ether oxygens (including phenoxy) is 2. The summed E-state index contributed by atoms with van der Waals surface area (Å²) in [6, 6.07) is -0.363. The van der Waals surface area contributed by atoms with Gasteiger partial charge in [-0.2, -0.15) is 0 Å². The lowest BCUT2D eigenvalue weighted by molar-refractivity contribution is -0.0184. The number of halogens is 1. The topological polar surface area (TPSA) is 76.7 Å². The van der Waals surface area contributed by atoms with Gasteiger partial charge in [-0.15, -0.1) is 11.3 Å². The molecular weight excluding hydrogens is 323 g/mol. The van der Waals surface area contributed by atoms with Crippen molar-refractivity contribution in [2.45, 2.75) is 38.8 Å². The average Bonchev–Trinajstić information content (AvgIpc) is 2.82. The second-order valence-corrected chi connectivity index (χ2v) is 6.17. The van der Waals surface area contributed by atoms with Crippen molar-refractivity contribution in [2.75, 3.05) is 25.2 Å². The van der Waals surface area contributed by atoms with Gasteiger partial charge < -0.3 is 14.8 Å². The van der Waals surface area contributed by atoms with Crippen LogP contribution in [0, 0.1) is 6.92 Å². The van der Waals surface area contributed by atoms with Crippen molar-refractivity contribution in [3.05, 3.63) is 16.5 Å². The Labute approximate surface area is 138 Å². The zero-order valence-electron chi connectivity index (χ0n) is 13.2. The van der Waals surface area contributed by atoms with Gasteiger partial charge in [0.25, 0.3) is 0 Å². The van der Waals surface area contributed by atoms with Crippen LogP contribution in [0.2, 0.25) is 0 Å². The van der Waals surface area contributed by atoms with Gasteiger partial charge in [-0.3, -0.25) is 5.32 Å². The highest BCUT2D eigenvalue weighted by molar-refractivity contribution is 7.15. The number of carbonyl (C=O) groups is 2. The number of esters is 1. The van der Waals surface area contributed by atoms with Crippen molar-refractivity contribution in [1.82, 2.24) is 5.32 Å². The summed E-state index contributed by atoms with van der Waals surface area (Å²) in [5.41, 5.74) is 1.16. The molecule has 1 aromatic heterocycles. The third kappa shape index (κ3) is 4.65. The van der Waals surface area contributed by atoms with Gasteiger partial charge in [0, 0.05) is 6.04 Å². The van der Waals surface area contributed by atoms with Crippen molar-refractivity contribution in [1.29, 1.82) is 0 Å². The van der Waals surface area contributed by atoms with Crippen LogP contribution < -0.4 is 10.6 Å². The van der Waals surface area contributed by atoms with Gasteiger partial charge >= 0.3 is 12.0 Å². The van der Waals surface area contributed by atoms with E-state index in [0.717, 1.165) is 5.56 Å². The molecule has 1 aliphatic carbocycles. The van der Waals surface area contributed by atoms with Gasteiger partial charge in [-0.1, -0.05) is 0 Å². The number of nitrogens with one attached hydrogen (secondary N) is 2. The molecule has 8 heteroatoms. The van der Waals surface area contributed by atoms with E-state index < -0.39 is 12.6 Å². The van der Waals surface area contributed by atoms with E-state index >= 15 is 0 Å². The fourth-order valence-corrected chi connectivity index (χ4v) is 3.27. The smallest absolute Gasteiger partial charge is 0.341 e. The Kier molecular flexibility index (Phi) is 6.35. The number of hydrogen-bond donors (Lipinski definition) is 2. The number of rotatable bonds is 7. The fraction of sp³-hybridized carbons (Fsp3) is 0.600. The van der Waals surface area contributed by atoms with E-state index in [0.29, 0.717) is 23.4 Å². The Bertz CT molecular complexity index is 558. The van der Waals surface area contributed by atoms with Crippen LogP contribution in [-0.4, -0.2) is 44.0 Å². The highest BCUT2D eigenvalue weighted by atomic mass is 32.1. The molecule has 6 nitrogen and oxygen atoms in total. The van der Waals surface area contributed by atoms with Crippen LogP contribution >= 0.6 is 11.3 Å². The quantitative estimate of drug-likeness (QED) is 0.746. The molecule has 2 amide bonds. The Hall–Kier alpha value is -1.67. The Morgan fingerprint density at radius 2 is 2.17 bits per heavy atom. The molecule has 1 heterocycles. The first-order valence-electron chi connectivity index (χ1n) is 7.55. The molecule has 0 radical (unpaired) electrons. The summed E-state index contributed by atoms with van der Waals surface area (Å²) in [6.45, 7) is 3.41. The molecule has 0 bridgehead atoms. The van der Waals surface area contributed by atoms with Gasteiger partial charge in [0.2, 0.25) is 0 Å². The van der Waals surface area contributed by atoms with Crippen molar-refractivity contribution in [2.24, 2.45) is 0 Å². The number of hydrogen-bond acceptors (Lipinski definition) is 5. The van der Waals surface area contributed by atoms with Crippen LogP contribution in [0.5, 0.6) is 0 Å². The largest absolute Gasteiger partial charge is 0.462 e. The zero-order chi connectivity index (χ0) is 16.8. The minimum atomic E-state index is -0.497. The third-order valence-corrected chi connectivity index (χ3v) is 4.56. The molecule has 1 fully saturated rings. The van der Waals surface area contributed by atoms with Crippen LogP contribution in [0.1, 0.15) is 35.7 Å². The van der Waals surface area contributed by atoms with E-state index in [2.05, 4.69) is 10.6 Å². The fourth-order valence-electron chi connectivity index (χ4n) is 2.35. The molecule has 1 saturated carbocycles. The molecule has 23 heavy (non-hydrogen) atoms. The molecule has 0 spiro atoms. The first-order valence-corrected chi connectivity index (χ1v) is 8.43. The molecule has 2 N–H and O–H groups in total. The number of alkyl halides is 1. The van der Waals surface area contributed by atoms with Crippen LogP contribution in [0.15, 0.2) is 5.38 Å². The molecule has 0 saturated heterocycles. The van der Waals surface area contributed by atoms with Gasteiger partial charge in [-0.25, -0.2) is 14.0 Å². The maximum absolute atomic E-state index is 12.0. The minimum Gasteiger partial charge on any atom is -0.462 e. The summed E-state index contributed by atoms with van der Waals surface area (Å²) in [7, 11) is 0. The molecule has 0 atom stereocenters. The van der Waals surface area contributed by atoms with E-state index in [4.69, 9.17) is 9.47 Å². The number of carbonyl (C=O) groups excluding carboxylic acids is 2. The maximum Gasteiger partial charge on any atom is 0.341 e. The lowest BCUT2D eigenvalue weighted by Crippen LogP contribution is -2.49. The summed E-state index contributed by atoms with van der Waals surface area (Å²) >= 11 is 1.28. The van der Waals surface area contributed by atoms with E-state index in [9.17, 15) is 14.0 Å². The first kappa shape index (κ1) is 17.7. The predicted molar refractivity (Wildman–Crippen MR) is 85.9 cm³/mol. The maximum atomic E-state index is 12.0. The van der Waals surface area contributed by atoms with Crippen molar-refractivity contribution >= 4 is 28.3 Å². The van der Waals surface area contributed by atoms with Crippen LogP contribution in [0.3, 0.4) is 0 Å². The summed E-state index contributed by atoms with van der Waals surface area (Å²) in [5.74, 6) is -0.440. The molecule has 1 aliphatic rings. The standard InChI is InChI=1S/C15H21FN2O4S/c1-3-21-14(19)12-9(2)8-23-13(12)18-15(20)17-10-6-11(7-10)22-5-4-16/h8,10-11H,3-7H2,1-2H3,(H2,17,18,20). The van der Waals surface area contributed by atoms with Crippen molar-refractivity contribution in [3.8, 4) is 0 Å². The molecule has 0 aromatic carbocycles. The third-order valence-electron chi connectivity index (χ3n) is 3.54. The molecule has 2 rings (SSSR count). The molecule has 0 unspecified atom stereocenters. The summed E-state index contributed by atoms with van der Waals surface area (Å²) in [4.78, 5) is 23.9. The normalized spacial score (nSPS) is 19.8. The lowest BCUT2D eigenvalue weighted by Gasteiger charge is -2.35. The number of aryl methyl sites for hydroxylation is 1. The van der Waals surface area contributed by atoms with Crippen LogP contribution in [0.25, 0.3) is 0 Å². The van der Waals surface area contributed by atoms with E-state index in [-0.39, 0.29) is 31.4 Å². The SMILES string of the molecule is CCOC(=O)c1c(C)csc1NC(=O)NC1CC(OCCF)C1. The Morgan fingerprint density at radius 1 is 1.43 bits per heavy atom. The zero-order valence-corrected chi connectivity index (χ0v) is 14.0. The number of amides is 2. The van der Waals surface area contributed by atoms with Gasteiger partial charge in [-0.05, 0) is 37.6 Å². The van der Waals surface area contributed by atoms with Crippen LogP contribution in [0.4, 0.5) is 14.2 Å². The summed E-state index contributed by atoms with van der Waals surface area (Å²) in [6.07, 6.45) is 1.35. The van der Waals surface area contributed by atoms with Gasteiger partial charge in [0.1, 0.15) is 11.7 Å². The van der Waals surface area contributed by atoms with Gasteiger partial charge in [0.15, 0.2) is 0 Å². The monoisotopic (exact) mass is 344 g/mol. The van der Waals surface area contributed by atoms with Crippen molar-refractivity contribution < 1.29 is 23.5 Å². The summed E-state index contributed by atoms with van der Waals surface area (Å²) < 4.78 is 22.2. The lowest BCUT2D eigenvalue weighted by atomic mass is 9.89. The Balaban J connectivity index is 1.84. The van der Waals surface area contributed by atoms with E-state index in [1.54, 1.807) is 19.2 Å². The number of thiophene rings is 1. The highest BCUT2D eigenvalue weighted by Gasteiger charge is 2.31. The molecular formula is C15H21FN2O4S. The van der Waals surface area contributed by atoms with Gasteiger partial charge in [0.05, 0.1) is 24.9 Å². The number of urea groups is 1. The van der Waals surface area contributed by atoms with E-state index in [1.165, 1.54) is 11.3 Å². The van der Waals surface area contributed by atoms with Crippen molar-refractivity contribution in [3.63, 3.8) is 0 Å². The van der Waals surface area contributed by atoms with E-state index in [1.807, 2.05) is 0 Å². The Morgan fingerprint density at radius 3 is 2.83 bits per heavy atom. The summed E-state index contributed by atoms with van der Waals surface area (Å²) in [5, 5.41) is 7.78. The molecule has 1 aromatic rings. The average molecular weight is 344 g/mol. The second kappa shape index (κ2) is 8.26. The van der Waals surface area contributed by atoms with Crippen LogP contribution in [-0.2, 0) is 9.47 Å². The minimum absolute atomic E-state index is 0.00622.